The number of anilines is 1. The fraction of sp³-hybridized carbons (Fsp3) is 0.235. The molecular weight excluding hydrogens is 344 g/mol. The first kappa shape index (κ1) is 16.4. The summed E-state index contributed by atoms with van der Waals surface area (Å²) in [6, 6.07) is 17.5. The fourth-order valence-corrected chi connectivity index (χ4v) is 2.17. The predicted octanol–water partition coefficient (Wildman–Crippen LogP) is 3.08. The van der Waals surface area contributed by atoms with Gasteiger partial charge in [-0.25, -0.2) is 0 Å². The third-order valence-corrected chi connectivity index (χ3v) is 3.68. The van der Waals surface area contributed by atoms with Gasteiger partial charge in [0.25, 0.3) is 5.91 Å². The van der Waals surface area contributed by atoms with Crippen LogP contribution >= 0.6 is 15.9 Å². The summed E-state index contributed by atoms with van der Waals surface area (Å²) in [6.45, 7) is 1.35. The number of hydrogen-bond acceptors (Lipinski definition) is 3. The molecule has 116 valence electrons. The van der Waals surface area contributed by atoms with Gasteiger partial charge in [0.1, 0.15) is 5.75 Å². The van der Waals surface area contributed by atoms with Crippen molar-refractivity contribution in [2.45, 2.75) is 0 Å². The topological polar surface area (TPSA) is 41.6 Å². The average Bonchev–Trinajstić information content (AvgIpc) is 2.55. The molecule has 0 aliphatic rings. The van der Waals surface area contributed by atoms with E-state index in [1.54, 1.807) is 0 Å². The number of nitrogens with zero attached hydrogens (tertiary/aromatic N) is 1. The largest absolute Gasteiger partial charge is 0.484 e. The SMILES string of the molecule is CN(CCNC(=O)COc1ccc(Br)cc1)c1ccccc1. The molecule has 0 saturated heterocycles. The Morgan fingerprint density at radius 3 is 2.50 bits per heavy atom. The van der Waals surface area contributed by atoms with Crippen molar-refractivity contribution >= 4 is 27.5 Å². The van der Waals surface area contributed by atoms with Crippen LogP contribution in [0.5, 0.6) is 5.75 Å². The third kappa shape index (κ3) is 5.41. The molecule has 0 aromatic heterocycles. The normalized spacial score (nSPS) is 10.1. The first-order valence-corrected chi connectivity index (χ1v) is 7.86. The number of benzene rings is 2. The highest BCUT2D eigenvalue weighted by atomic mass is 79.9. The second-order valence-electron chi connectivity index (χ2n) is 4.85. The minimum Gasteiger partial charge on any atom is -0.484 e. The van der Waals surface area contributed by atoms with E-state index in [1.165, 1.54) is 0 Å². The van der Waals surface area contributed by atoms with Crippen molar-refractivity contribution < 1.29 is 9.53 Å². The molecule has 22 heavy (non-hydrogen) atoms. The van der Waals surface area contributed by atoms with E-state index in [4.69, 9.17) is 4.74 Å². The lowest BCUT2D eigenvalue weighted by Gasteiger charge is -2.19. The van der Waals surface area contributed by atoms with Crippen molar-refractivity contribution in [2.24, 2.45) is 0 Å². The molecule has 0 bridgehead atoms. The van der Waals surface area contributed by atoms with Crippen LogP contribution in [0.1, 0.15) is 0 Å². The highest BCUT2D eigenvalue weighted by Crippen LogP contribution is 2.15. The fourth-order valence-electron chi connectivity index (χ4n) is 1.91. The summed E-state index contributed by atoms with van der Waals surface area (Å²) in [5.41, 5.74) is 1.13. The Kier molecular flexibility index (Phi) is 6.27. The molecule has 5 heteroatoms. The Hall–Kier alpha value is -2.01. The van der Waals surface area contributed by atoms with Crippen LogP contribution in [-0.4, -0.2) is 32.7 Å². The standard InChI is InChI=1S/C17H19BrN2O2/c1-20(15-5-3-2-4-6-15)12-11-19-17(21)13-22-16-9-7-14(18)8-10-16/h2-10H,11-13H2,1H3,(H,19,21). The van der Waals surface area contributed by atoms with E-state index in [2.05, 4.69) is 26.1 Å². The number of halogens is 1. The highest BCUT2D eigenvalue weighted by Gasteiger charge is 2.04. The minimum absolute atomic E-state index is 0.0245. The van der Waals surface area contributed by atoms with Crippen LogP contribution in [0.15, 0.2) is 59.1 Å². The van der Waals surface area contributed by atoms with Crippen molar-refractivity contribution in [3.8, 4) is 5.75 Å². The molecule has 0 saturated carbocycles. The van der Waals surface area contributed by atoms with Crippen molar-refractivity contribution in [2.75, 3.05) is 31.6 Å². The average molecular weight is 363 g/mol. The number of rotatable bonds is 7. The van der Waals surface area contributed by atoms with Gasteiger partial charge in [-0.2, -0.15) is 0 Å². The second kappa shape index (κ2) is 8.44. The molecule has 0 radical (unpaired) electrons. The van der Waals surface area contributed by atoms with E-state index in [0.717, 1.165) is 16.7 Å². The van der Waals surface area contributed by atoms with Gasteiger partial charge in [0.15, 0.2) is 6.61 Å². The van der Waals surface area contributed by atoms with Crippen LogP contribution in [0.25, 0.3) is 0 Å². The molecule has 0 aliphatic carbocycles. The lowest BCUT2D eigenvalue weighted by molar-refractivity contribution is -0.123. The van der Waals surface area contributed by atoms with Crippen LogP contribution in [0.3, 0.4) is 0 Å². The number of carbonyl (C=O) groups excluding carboxylic acids is 1. The molecule has 1 amide bonds. The summed E-state index contributed by atoms with van der Waals surface area (Å²) in [5, 5.41) is 2.85. The monoisotopic (exact) mass is 362 g/mol. The van der Waals surface area contributed by atoms with Crippen LogP contribution in [0.2, 0.25) is 0 Å². The Labute approximate surface area is 139 Å². The van der Waals surface area contributed by atoms with Gasteiger partial charge in [-0.1, -0.05) is 34.1 Å². The number of ether oxygens (including phenoxy) is 1. The Balaban J connectivity index is 1.66. The van der Waals surface area contributed by atoms with Gasteiger partial charge >= 0.3 is 0 Å². The lowest BCUT2D eigenvalue weighted by atomic mass is 10.3. The van der Waals surface area contributed by atoms with Gasteiger partial charge in [-0.05, 0) is 36.4 Å². The Bertz CT molecular complexity index is 587. The molecule has 0 aliphatic heterocycles. The molecular formula is C17H19BrN2O2. The van der Waals surface area contributed by atoms with Gasteiger partial charge < -0.3 is 15.0 Å². The summed E-state index contributed by atoms with van der Waals surface area (Å²) >= 11 is 3.35. The lowest BCUT2D eigenvalue weighted by Crippen LogP contribution is -2.35. The van der Waals surface area contributed by atoms with E-state index < -0.39 is 0 Å². The number of para-hydroxylation sites is 1. The van der Waals surface area contributed by atoms with Crippen molar-refractivity contribution in [1.29, 1.82) is 0 Å². The maximum Gasteiger partial charge on any atom is 0.258 e. The van der Waals surface area contributed by atoms with E-state index in [9.17, 15) is 4.79 Å². The highest BCUT2D eigenvalue weighted by molar-refractivity contribution is 9.10. The molecule has 0 fully saturated rings. The number of hydrogen-bond donors (Lipinski definition) is 1. The molecule has 0 unspecified atom stereocenters. The quantitative estimate of drug-likeness (QED) is 0.822. The van der Waals surface area contributed by atoms with Crippen LogP contribution in [0, 0.1) is 0 Å². The van der Waals surface area contributed by atoms with Gasteiger partial charge in [0.2, 0.25) is 0 Å². The third-order valence-electron chi connectivity index (χ3n) is 3.15. The first-order valence-electron chi connectivity index (χ1n) is 7.06. The minimum atomic E-state index is -0.121. The molecule has 2 rings (SSSR count). The zero-order valence-electron chi connectivity index (χ0n) is 12.5. The predicted molar refractivity (Wildman–Crippen MR) is 92.4 cm³/mol. The molecule has 2 aromatic carbocycles. The van der Waals surface area contributed by atoms with Gasteiger partial charge in [0, 0.05) is 30.3 Å². The van der Waals surface area contributed by atoms with E-state index in [0.29, 0.717) is 12.3 Å². The van der Waals surface area contributed by atoms with E-state index in [1.807, 2.05) is 61.6 Å². The van der Waals surface area contributed by atoms with Crippen LogP contribution < -0.4 is 15.0 Å². The van der Waals surface area contributed by atoms with E-state index in [-0.39, 0.29) is 12.5 Å². The number of amides is 1. The first-order chi connectivity index (χ1) is 10.6. The molecule has 2 aromatic rings. The Morgan fingerprint density at radius 2 is 1.82 bits per heavy atom. The maximum atomic E-state index is 11.7. The zero-order chi connectivity index (χ0) is 15.8. The van der Waals surface area contributed by atoms with Gasteiger partial charge in [0.05, 0.1) is 0 Å². The van der Waals surface area contributed by atoms with Crippen LogP contribution in [0.4, 0.5) is 5.69 Å². The smallest absolute Gasteiger partial charge is 0.258 e. The molecule has 0 heterocycles. The molecule has 0 spiro atoms. The Morgan fingerprint density at radius 1 is 1.14 bits per heavy atom. The molecule has 4 nitrogen and oxygen atoms in total. The van der Waals surface area contributed by atoms with Gasteiger partial charge in [-0.15, -0.1) is 0 Å². The van der Waals surface area contributed by atoms with Gasteiger partial charge in [-0.3, -0.25) is 4.79 Å². The molecule has 0 atom stereocenters. The van der Waals surface area contributed by atoms with E-state index >= 15 is 0 Å². The van der Waals surface area contributed by atoms with Crippen molar-refractivity contribution in [1.82, 2.24) is 5.32 Å². The maximum absolute atomic E-state index is 11.7. The summed E-state index contributed by atoms with van der Waals surface area (Å²) in [6.07, 6.45) is 0. The summed E-state index contributed by atoms with van der Waals surface area (Å²) in [7, 11) is 2.00. The van der Waals surface area contributed by atoms with Crippen molar-refractivity contribution in [3.05, 3.63) is 59.1 Å². The number of nitrogens with one attached hydrogen (secondary N) is 1. The second-order valence-corrected chi connectivity index (χ2v) is 5.77. The summed E-state index contributed by atoms with van der Waals surface area (Å²) in [5.74, 6) is 0.559. The van der Waals surface area contributed by atoms with Crippen LogP contribution in [-0.2, 0) is 4.79 Å². The zero-order valence-corrected chi connectivity index (χ0v) is 14.0. The van der Waals surface area contributed by atoms with Crippen molar-refractivity contribution in [3.63, 3.8) is 0 Å². The number of carbonyl (C=O) groups is 1. The summed E-state index contributed by atoms with van der Waals surface area (Å²) in [4.78, 5) is 13.8. The number of likely N-dealkylation sites (N-methyl/N-ethyl adjacent to an activating group) is 1. The molecule has 1 N–H and O–H groups in total. The summed E-state index contributed by atoms with van der Waals surface area (Å²) < 4.78 is 6.40.